The summed E-state index contributed by atoms with van der Waals surface area (Å²) in [4.78, 5) is 23.1. The Labute approximate surface area is 180 Å². The number of tetrazole rings is 1. The Hall–Kier alpha value is -3.87. The summed E-state index contributed by atoms with van der Waals surface area (Å²) < 4.78 is 17.0. The first-order valence-corrected chi connectivity index (χ1v) is 9.71. The minimum atomic E-state index is -0.596. The van der Waals surface area contributed by atoms with E-state index in [9.17, 15) is 14.9 Å². The van der Waals surface area contributed by atoms with E-state index in [1.165, 1.54) is 44.2 Å². The van der Waals surface area contributed by atoms with Gasteiger partial charge in [-0.1, -0.05) is 11.8 Å². The van der Waals surface area contributed by atoms with Crippen LogP contribution in [0.4, 0.5) is 11.4 Å². The number of benzene rings is 2. The van der Waals surface area contributed by atoms with E-state index in [4.69, 9.17) is 14.2 Å². The Bertz CT molecular complexity index is 1100. The van der Waals surface area contributed by atoms with Crippen molar-refractivity contribution in [1.82, 2.24) is 20.2 Å². The molecule has 2 aromatic carbocycles. The zero-order valence-electron chi connectivity index (χ0n) is 16.8. The molecule has 1 aromatic heterocycles. The van der Waals surface area contributed by atoms with Crippen molar-refractivity contribution in [2.24, 2.45) is 0 Å². The van der Waals surface area contributed by atoms with E-state index in [1.54, 1.807) is 18.2 Å². The van der Waals surface area contributed by atoms with Gasteiger partial charge < -0.3 is 19.5 Å². The van der Waals surface area contributed by atoms with E-state index >= 15 is 0 Å². The molecule has 0 aliphatic carbocycles. The van der Waals surface area contributed by atoms with Gasteiger partial charge in [-0.2, -0.15) is 4.68 Å². The molecule has 1 N–H and O–H groups in total. The van der Waals surface area contributed by atoms with Crippen LogP contribution in [0.1, 0.15) is 0 Å². The first-order chi connectivity index (χ1) is 15.0. The number of nitrogens with zero attached hydrogens (tertiary/aromatic N) is 5. The van der Waals surface area contributed by atoms with E-state index in [1.807, 2.05) is 0 Å². The second kappa shape index (κ2) is 9.75. The summed E-state index contributed by atoms with van der Waals surface area (Å²) in [5.74, 6) is 0.839. The van der Waals surface area contributed by atoms with Crippen molar-refractivity contribution in [3.63, 3.8) is 0 Å². The number of hydrogen-bond acceptors (Lipinski definition) is 10. The van der Waals surface area contributed by atoms with Crippen molar-refractivity contribution >= 4 is 29.0 Å². The highest BCUT2D eigenvalue weighted by atomic mass is 32.2. The van der Waals surface area contributed by atoms with Gasteiger partial charge in [0.1, 0.15) is 28.6 Å². The van der Waals surface area contributed by atoms with Gasteiger partial charge in [0.05, 0.1) is 38.1 Å². The number of carbonyl (C=O) groups is 1. The third-order valence-corrected chi connectivity index (χ3v) is 4.98. The summed E-state index contributed by atoms with van der Waals surface area (Å²) in [5.41, 5.74) is 0.314. The lowest BCUT2D eigenvalue weighted by Crippen LogP contribution is -2.15. The molecule has 0 atom stereocenters. The van der Waals surface area contributed by atoms with Gasteiger partial charge in [-0.15, -0.1) is 5.10 Å². The Morgan fingerprint density at radius 2 is 1.84 bits per heavy atom. The van der Waals surface area contributed by atoms with Gasteiger partial charge in [-0.3, -0.25) is 14.9 Å². The molecule has 0 saturated carbocycles. The molecule has 1 heterocycles. The molecule has 3 aromatic rings. The normalized spacial score (nSPS) is 10.4. The van der Waals surface area contributed by atoms with Crippen molar-refractivity contribution in [1.29, 1.82) is 0 Å². The van der Waals surface area contributed by atoms with Crippen LogP contribution >= 0.6 is 11.8 Å². The average Bonchev–Trinajstić information content (AvgIpc) is 3.25. The predicted octanol–water partition coefficient (Wildman–Crippen LogP) is 2.33. The van der Waals surface area contributed by atoms with Crippen LogP contribution < -0.4 is 19.5 Å². The molecule has 31 heavy (non-hydrogen) atoms. The monoisotopic (exact) mass is 446 g/mol. The quantitative estimate of drug-likeness (QED) is 0.295. The SMILES string of the molecule is COc1ccc(OC)c(-n2nnnc2SCC(=O)Nc2ccc(OC)cc2[N+](=O)[O-])c1. The number of aromatic nitrogens is 4. The number of nitro groups is 1. The molecule has 162 valence electrons. The third-order valence-electron chi connectivity index (χ3n) is 4.06. The molecule has 13 heteroatoms. The highest BCUT2D eigenvalue weighted by Gasteiger charge is 2.19. The Kier molecular flexibility index (Phi) is 6.87. The Morgan fingerprint density at radius 1 is 1.13 bits per heavy atom. The van der Waals surface area contributed by atoms with Gasteiger partial charge in [0.2, 0.25) is 11.1 Å². The highest BCUT2D eigenvalue weighted by molar-refractivity contribution is 7.99. The number of amides is 1. The number of hydrogen-bond donors (Lipinski definition) is 1. The first-order valence-electron chi connectivity index (χ1n) is 8.72. The highest BCUT2D eigenvalue weighted by Crippen LogP contribution is 2.31. The number of carbonyl (C=O) groups excluding carboxylic acids is 1. The van der Waals surface area contributed by atoms with Gasteiger partial charge in [-0.05, 0) is 34.7 Å². The lowest BCUT2D eigenvalue weighted by Gasteiger charge is -2.11. The molecule has 0 fully saturated rings. The lowest BCUT2D eigenvalue weighted by molar-refractivity contribution is -0.384. The van der Waals surface area contributed by atoms with Crippen molar-refractivity contribution in [3.05, 3.63) is 46.5 Å². The van der Waals surface area contributed by atoms with Crippen LogP contribution in [0, 0.1) is 10.1 Å². The summed E-state index contributed by atoms with van der Waals surface area (Å²) in [5, 5.41) is 25.7. The summed E-state index contributed by atoms with van der Waals surface area (Å²) in [6.07, 6.45) is 0. The number of anilines is 1. The van der Waals surface area contributed by atoms with Gasteiger partial charge in [0.15, 0.2) is 0 Å². The van der Waals surface area contributed by atoms with Crippen molar-refractivity contribution in [2.45, 2.75) is 5.16 Å². The number of methoxy groups -OCH3 is 3. The standard InChI is InChI=1S/C18H18N6O6S/c1-28-11-4-6-13(14(8-11)24(26)27)19-17(25)10-31-18-20-21-22-23(18)15-9-12(29-2)5-7-16(15)30-3/h4-9H,10H2,1-3H3,(H,19,25). The molecule has 0 unspecified atom stereocenters. The van der Waals surface area contributed by atoms with E-state index < -0.39 is 10.8 Å². The summed E-state index contributed by atoms with van der Waals surface area (Å²) in [6, 6.07) is 9.29. The fraction of sp³-hybridized carbons (Fsp3) is 0.222. The maximum atomic E-state index is 12.4. The van der Waals surface area contributed by atoms with Crippen LogP contribution in [0.15, 0.2) is 41.6 Å². The van der Waals surface area contributed by atoms with Crippen molar-refractivity contribution in [2.75, 3.05) is 32.4 Å². The molecular weight excluding hydrogens is 428 g/mol. The van der Waals surface area contributed by atoms with Gasteiger partial charge >= 0.3 is 0 Å². The molecule has 3 rings (SSSR count). The summed E-state index contributed by atoms with van der Waals surface area (Å²) >= 11 is 1.05. The smallest absolute Gasteiger partial charge is 0.296 e. The number of ether oxygens (including phenoxy) is 3. The molecular formula is C18H18N6O6S. The van der Waals surface area contributed by atoms with E-state index in [2.05, 4.69) is 20.8 Å². The predicted molar refractivity (Wildman–Crippen MR) is 111 cm³/mol. The molecule has 0 spiro atoms. The maximum Gasteiger partial charge on any atom is 0.296 e. The van der Waals surface area contributed by atoms with Gasteiger partial charge in [-0.25, -0.2) is 0 Å². The number of thioether (sulfide) groups is 1. The molecule has 0 aliphatic heterocycles. The zero-order valence-corrected chi connectivity index (χ0v) is 17.6. The van der Waals surface area contributed by atoms with Crippen LogP contribution in [0.5, 0.6) is 17.2 Å². The molecule has 1 amide bonds. The number of nitro benzene ring substituents is 1. The van der Waals surface area contributed by atoms with Gasteiger partial charge in [0.25, 0.3) is 5.69 Å². The maximum absolute atomic E-state index is 12.4. The van der Waals surface area contributed by atoms with Gasteiger partial charge in [0, 0.05) is 6.07 Å². The lowest BCUT2D eigenvalue weighted by atomic mass is 10.2. The number of rotatable bonds is 9. The van der Waals surface area contributed by atoms with Crippen molar-refractivity contribution < 1.29 is 23.9 Å². The molecule has 0 radical (unpaired) electrons. The van der Waals surface area contributed by atoms with Crippen LogP contribution in [0.2, 0.25) is 0 Å². The molecule has 0 bridgehead atoms. The second-order valence-corrected chi connectivity index (χ2v) is 6.83. The molecule has 0 saturated heterocycles. The molecule has 12 nitrogen and oxygen atoms in total. The van der Waals surface area contributed by atoms with Crippen LogP contribution in [-0.4, -0.2) is 58.1 Å². The number of nitrogens with one attached hydrogen (secondary N) is 1. The Balaban J connectivity index is 1.75. The topological polar surface area (TPSA) is 144 Å². The minimum Gasteiger partial charge on any atom is -0.497 e. The largest absolute Gasteiger partial charge is 0.497 e. The van der Waals surface area contributed by atoms with E-state index in [0.717, 1.165) is 11.8 Å². The van der Waals surface area contributed by atoms with Crippen LogP contribution in [0.25, 0.3) is 5.69 Å². The molecule has 0 aliphatic rings. The minimum absolute atomic E-state index is 0.0606. The average molecular weight is 446 g/mol. The zero-order chi connectivity index (χ0) is 22.4. The van der Waals surface area contributed by atoms with E-state index in [0.29, 0.717) is 28.1 Å². The fourth-order valence-corrected chi connectivity index (χ4v) is 3.28. The first kappa shape index (κ1) is 21.8. The Morgan fingerprint density at radius 3 is 2.52 bits per heavy atom. The van der Waals surface area contributed by atoms with Crippen LogP contribution in [-0.2, 0) is 4.79 Å². The fourth-order valence-electron chi connectivity index (χ4n) is 2.59. The van der Waals surface area contributed by atoms with Crippen LogP contribution in [0.3, 0.4) is 0 Å². The summed E-state index contributed by atoms with van der Waals surface area (Å²) in [7, 11) is 4.44. The van der Waals surface area contributed by atoms with E-state index in [-0.39, 0.29) is 17.1 Å². The van der Waals surface area contributed by atoms with Crippen molar-refractivity contribution in [3.8, 4) is 22.9 Å². The summed E-state index contributed by atoms with van der Waals surface area (Å²) in [6.45, 7) is 0. The second-order valence-electron chi connectivity index (χ2n) is 5.89. The third kappa shape index (κ3) is 5.01.